The van der Waals surface area contributed by atoms with Gasteiger partial charge in [-0.1, -0.05) is 12.1 Å². The minimum Gasteiger partial charge on any atom is -0.497 e. The van der Waals surface area contributed by atoms with Crippen molar-refractivity contribution < 1.29 is 19.4 Å². The Kier molecular flexibility index (Phi) is 6.69. The maximum Gasteiger partial charge on any atom is 0.313 e. The SMILES string of the molecule is COc1ccc(-c2cc(C(=O)NCCSCC(=O)O)sc2C)cc1. The molecule has 5 nitrogen and oxygen atoms in total. The highest BCUT2D eigenvalue weighted by Gasteiger charge is 2.13. The zero-order valence-corrected chi connectivity index (χ0v) is 15.1. The Labute approximate surface area is 149 Å². The smallest absolute Gasteiger partial charge is 0.313 e. The Morgan fingerprint density at radius 2 is 2.00 bits per heavy atom. The average molecular weight is 365 g/mol. The number of thioether (sulfide) groups is 1. The lowest BCUT2D eigenvalue weighted by Crippen LogP contribution is -2.25. The van der Waals surface area contributed by atoms with Gasteiger partial charge in [0.05, 0.1) is 17.7 Å². The van der Waals surface area contributed by atoms with Gasteiger partial charge in [-0.2, -0.15) is 0 Å². The number of amides is 1. The molecule has 0 aliphatic carbocycles. The van der Waals surface area contributed by atoms with E-state index in [-0.39, 0.29) is 11.7 Å². The van der Waals surface area contributed by atoms with E-state index in [2.05, 4.69) is 5.32 Å². The van der Waals surface area contributed by atoms with Gasteiger partial charge in [-0.05, 0) is 36.2 Å². The third-order valence-electron chi connectivity index (χ3n) is 3.30. The van der Waals surface area contributed by atoms with Gasteiger partial charge in [0.15, 0.2) is 0 Å². The number of nitrogens with one attached hydrogen (secondary N) is 1. The van der Waals surface area contributed by atoms with E-state index >= 15 is 0 Å². The van der Waals surface area contributed by atoms with Crippen molar-refractivity contribution in [1.82, 2.24) is 5.32 Å². The Morgan fingerprint density at radius 3 is 2.62 bits per heavy atom. The van der Waals surface area contributed by atoms with Crippen LogP contribution < -0.4 is 10.1 Å². The van der Waals surface area contributed by atoms with Crippen molar-refractivity contribution in [2.75, 3.05) is 25.2 Å². The van der Waals surface area contributed by atoms with E-state index in [4.69, 9.17) is 9.84 Å². The highest BCUT2D eigenvalue weighted by molar-refractivity contribution is 7.99. The van der Waals surface area contributed by atoms with Gasteiger partial charge in [-0.3, -0.25) is 9.59 Å². The van der Waals surface area contributed by atoms with Crippen LogP contribution >= 0.6 is 23.1 Å². The highest BCUT2D eigenvalue weighted by atomic mass is 32.2. The molecule has 7 heteroatoms. The zero-order valence-electron chi connectivity index (χ0n) is 13.5. The van der Waals surface area contributed by atoms with Gasteiger partial charge in [0.1, 0.15) is 5.75 Å². The molecule has 0 atom stereocenters. The number of methoxy groups -OCH3 is 1. The summed E-state index contributed by atoms with van der Waals surface area (Å²) in [5.41, 5.74) is 2.08. The van der Waals surface area contributed by atoms with Crippen LogP contribution in [0.3, 0.4) is 0 Å². The van der Waals surface area contributed by atoms with Crippen LogP contribution in [0.5, 0.6) is 5.75 Å². The molecular weight excluding hydrogens is 346 g/mol. The second kappa shape index (κ2) is 8.75. The fraction of sp³-hybridized carbons (Fsp3) is 0.294. The van der Waals surface area contributed by atoms with Crippen LogP contribution in [0.2, 0.25) is 0 Å². The van der Waals surface area contributed by atoms with E-state index in [0.717, 1.165) is 21.8 Å². The number of benzene rings is 1. The number of aliphatic carboxylic acids is 1. The van der Waals surface area contributed by atoms with Crippen molar-refractivity contribution in [3.8, 4) is 16.9 Å². The number of aryl methyl sites for hydroxylation is 1. The fourth-order valence-electron chi connectivity index (χ4n) is 2.13. The van der Waals surface area contributed by atoms with E-state index in [1.54, 1.807) is 7.11 Å². The van der Waals surface area contributed by atoms with Crippen molar-refractivity contribution in [2.24, 2.45) is 0 Å². The maximum absolute atomic E-state index is 12.2. The Hall–Kier alpha value is -1.99. The van der Waals surface area contributed by atoms with Gasteiger partial charge in [-0.25, -0.2) is 0 Å². The number of thiophene rings is 1. The first kappa shape index (κ1) is 18.4. The summed E-state index contributed by atoms with van der Waals surface area (Å²) in [5.74, 6) is 0.454. The summed E-state index contributed by atoms with van der Waals surface area (Å²) in [5, 5.41) is 11.4. The number of carboxylic acid groups (broad SMARTS) is 1. The monoisotopic (exact) mass is 365 g/mol. The van der Waals surface area contributed by atoms with Gasteiger partial charge >= 0.3 is 5.97 Å². The minimum absolute atomic E-state index is 0.0512. The molecule has 128 valence electrons. The lowest BCUT2D eigenvalue weighted by Gasteiger charge is -2.03. The Bertz CT molecular complexity index is 710. The molecule has 0 unspecified atom stereocenters. The van der Waals surface area contributed by atoms with Crippen LogP contribution in [-0.4, -0.2) is 42.1 Å². The summed E-state index contributed by atoms with van der Waals surface area (Å²) in [6.07, 6.45) is 0. The molecule has 0 aliphatic heterocycles. The van der Waals surface area contributed by atoms with E-state index in [9.17, 15) is 9.59 Å². The van der Waals surface area contributed by atoms with Crippen molar-refractivity contribution in [3.05, 3.63) is 40.1 Å². The summed E-state index contributed by atoms with van der Waals surface area (Å²) < 4.78 is 5.16. The molecule has 2 N–H and O–H groups in total. The highest BCUT2D eigenvalue weighted by Crippen LogP contribution is 2.31. The molecule has 0 aliphatic rings. The van der Waals surface area contributed by atoms with Crippen LogP contribution in [0.4, 0.5) is 0 Å². The fourth-order valence-corrected chi connectivity index (χ4v) is 3.66. The molecule has 0 radical (unpaired) electrons. The van der Waals surface area contributed by atoms with E-state index < -0.39 is 5.97 Å². The van der Waals surface area contributed by atoms with Crippen molar-refractivity contribution in [3.63, 3.8) is 0 Å². The number of carbonyl (C=O) groups is 2. The van der Waals surface area contributed by atoms with Gasteiger partial charge in [0.2, 0.25) is 0 Å². The molecule has 0 saturated carbocycles. The molecule has 1 aromatic heterocycles. The molecule has 1 amide bonds. The third-order valence-corrected chi connectivity index (χ3v) is 5.29. The van der Waals surface area contributed by atoms with E-state index in [1.807, 2.05) is 37.3 Å². The van der Waals surface area contributed by atoms with Crippen molar-refractivity contribution >= 4 is 35.0 Å². The van der Waals surface area contributed by atoms with Crippen LogP contribution in [-0.2, 0) is 4.79 Å². The van der Waals surface area contributed by atoms with Crippen molar-refractivity contribution in [1.29, 1.82) is 0 Å². The average Bonchev–Trinajstić information content (AvgIpc) is 2.96. The Balaban J connectivity index is 1.97. The first-order valence-corrected chi connectivity index (χ1v) is 9.31. The molecule has 0 spiro atoms. The molecule has 0 saturated heterocycles. The first-order valence-electron chi connectivity index (χ1n) is 7.34. The summed E-state index contributed by atoms with van der Waals surface area (Å²) in [4.78, 5) is 24.3. The topological polar surface area (TPSA) is 75.6 Å². The number of hydrogen-bond acceptors (Lipinski definition) is 5. The minimum atomic E-state index is -0.843. The van der Waals surface area contributed by atoms with Gasteiger partial charge in [-0.15, -0.1) is 23.1 Å². The molecule has 2 rings (SSSR count). The van der Waals surface area contributed by atoms with E-state index in [0.29, 0.717) is 17.2 Å². The molecule has 0 fully saturated rings. The van der Waals surface area contributed by atoms with Crippen LogP contribution in [0, 0.1) is 6.92 Å². The number of ether oxygens (including phenoxy) is 1. The number of carboxylic acids is 1. The van der Waals surface area contributed by atoms with Gasteiger partial charge in [0, 0.05) is 17.2 Å². The third kappa shape index (κ3) is 5.01. The van der Waals surface area contributed by atoms with Crippen LogP contribution in [0.25, 0.3) is 11.1 Å². The zero-order chi connectivity index (χ0) is 17.5. The van der Waals surface area contributed by atoms with Crippen LogP contribution in [0.15, 0.2) is 30.3 Å². The van der Waals surface area contributed by atoms with Crippen molar-refractivity contribution in [2.45, 2.75) is 6.92 Å². The number of rotatable bonds is 8. The quantitative estimate of drug-likeness (QED) is 0.702. The first-order chi connectivity index (χ1) is 11.5. The lowest BCUT2D eigenvalue weighted by atomic mass is 10.1. The maximum atomic E-state index is 12.2. The van der Waals surface area contributed by atoms with E-state index in [1.165, 1.54) is 23.1 Å². The molecule has 0 bridgehead atoms. The standard InChI is InChI=1S/C17H19NO4S2/c1-11-14(12-3-5-13(22-2)6-4-12)9-15(24-11)17(21)18-7-8-23-10-16(19)20/h3-6,9H,7-8,10H2,1-2H3,(H,18,21)(H,19,20). The second-order valence-corrected chi connectivity index (χ2v) is 7.37. The molecule has 1 heterocycles. The second-order valence-electron chi connectivity index (χ2n) is 5.01. The molecule has 24 heavy (non-hydrogen) atoms. The lowest BCUT2D eigenvalue weighted by molar-refractivity contribution is -0.133. The molecular formula is C17H19NO4S2. The summed E-state index contributed by atoms with van der Waals surface area (Å²) >= 11 is 2.74. The summed E-state index contributed by atoms with van der Waals surface area (Å²) in [7, 11) is 1.63. The predicted octanol–water partition coefficient (Wildman–Crippen LogP) is 3.28. The molecule has 2 aromatic rings. The van der Waals surface area contributed by atoms with Crippen LogP contribution in [0.1, 0.15) is 14.5 Å². The van der Waals surface area contributed by atoms with Gasteiger partial charge < -0.3 is 15.2 Å². The van der Waals surface area contributed by atoms with Gasteiger partial charge in [0.25, 0.3) is 5.91 Å². The summed E-state index contributed by atoms with van der Waals surface area (Å²) in [6, 6.07) is 9.62. The summed E-state index contributed by atoms with van der Waals surface area (Å²) in [6.45, 7) is 2.44. The Morgan fingerprint density at radius 1 is 1.29 bits per heavy atom. The predicted molar refractivity (Wildman–Crippen MR) is 98.3 cm³/mol. The number of carbonyl (C=O) groups excluding carboxylic acids is 1. The number of hydrogen-bond donors (Lipinski definition) is 2. The normalized spacial score (nSPS) is 10.4. The largest absolute Gasteiger partial charge is 0.497 e. The molecule has 1 aromatic carbocycles.